The molecule has 1 fully saturated rings. The summed E-state index contributed by atoms with van der Waals surface area (Å²) in [7, 11) is 0. The van der Waals surface area contributed by atoms with Crippen molar-refractivity contribution in [3.8, 4) is 0 Å². The van der Waals surface area contributed by atoms with Gasteiger partial charge in [0.05, 0.1) is 4.92 Å². The summed E-state index contributed by atoms with van der Waals surface area (Å²) in [6.07, 6.45) is 3.15. The summed E-state index contributed by atoms with van der Waals surface area (Å²) >= 11 is 0. The van der Waals surface area contributed by atoms with Gasteiger partial charge < -0.3 is 16.0 Å². The van der Waals surface area contributed by atoms with Gasteiger partial charge in [0.2, 0.25) is 5.82 Å². The maximum atomic E-state index is 11.2. The number of carbonyl (C=O) groups excluding carboxylic acids is 1. The Kier molecular flexibility index (Phi) is 4.02. The molecule has 1 aliphatic heterocycles. The van der Waals surface area contributed by atoms with Crippen molar-refractivity contribution in [2.75, 3.05) is 18.4 Å². The van der Waals surface area contributed by atoms with Crippen LogP contribution in [-0.4, -0.2) is 40.0 Å². The molecule has 0 spiro atoms. The maximum Gasteiger partial charge on any atom is 0.314 e. The smallest absolute Gasteiger partial charge is 0.314 e. The predicted octanol–water partition coefficient (Wildman–Crippen LogP) is 1.25. The van der Waals surface area contributed by atoms with Crippen LogP contribution in [0.25, 0.3) is 0 Å². The van der Waals surface area contributed by atoms with Gasteiger partial charge in [0.15, 0.2) is 0 Å². The molecule has 1 atom stereocenters. The van der Waals surface area contributed by atoms with Gasteiger partial charge in [0.25, 0.3) is 0 Å². The molecule has 0 aromatic carbocycles. The number of likely N-dealkylation sites (tertiary alicyclic amines) is 1. The molecule has 0 saturated carbocycles. The number of rotatable bonds is 3. The van der Waals surface area contributed by atoms with E-state index in [9.17, 15) is 14.9 Å². The van der Waals surface area contributed by atoms with E-state index < -0.39 is 11.0 Å². The van der Waals surface area contributed by atoms with Gasteiger partial charge in [-0.1, -0.05) is 0 Å². The first-order chi connectivity index (χ1) is 9.49. The number of nitrogens with one attached hydrogen (secondary N) is 1. The molecule has 0 unspecified atom stereocenters. The fourth-order valence-electron chi connectivity index (χ4n) is 2.38. The summed E-state index contributed by atoms with van der Waals surface area (Å²) in [6.45, 7) is 2.72. The first-order valence-corrected chi connectivity index (χ1v) is 6.40. The van der Waals surface area contributed by atoms with Gasteiger partial charge in [0.1, 0.15) is 0 Å². The lowest BCUT2D eigenvalue weighted by Gasteiger charge is -2.32. The first kappa shape index (κ1) is 14.0. The van der Waals surface area contributed by atoms with Crippen molar-refractivity contribution in [2.45, 2.75) is 25.8 Å². The minimum atomic E-state index is -0.469. The fraction of sp³-hybridized carbons (Fsp3) is 0.500. The van der Waals surface area contributed by atoms with E-state index in [2.05, 4.69) is 10.3 Å². The van der Waals surface area contributed by atoms with E-state index in [1.807, 2.05) is 0 Å². The number of urea groups is 1. The van der Waals surface area contributed by atoms with E-state index in [0.717, 1.165) is 12.8 Å². The molecule has 8 heteroatoms. The molecule has 2 rings (SSSR count). The molecule has 2 amide bonds. The minimum absolute atomic E-state index is 0.0244. The van der Waals surface area contributed by atoms with Crippen LogP contribution >= 0.6 is 0 Å². The summed E-state index contributed by atoms with van der Waals surface area (Å²) in [5, 5.41) is 14.2. The Morgan fingerprint density at radius 3 is 3.05 bits per heavy atom. The molecule has 1 aliphatic rings. The molecule has 1 saturated heterocycles. The molecule has 20 heavy (non-hydrogen) atoms. The Hall–Kier alpha value is -2.38. The Morgan fingerprint density at radius 2 is 2.40 bits per heavy atom. The zero-order chi connectivity index (χ0) is 14.7. The average Bonchev–Trinajstić information content (AvgIpc) is 2.38. The lowest BCUT2D eigenvalue weighted by molar-refractivity contribution is -0.384. The quantitative estimate of drug-likeness (QED) is 0.638. The highest BCUT2D eigenvalue weighted by atomic mass is 16.6. The number of aromatic nitrogens is 1. The van der Waals surface area contributed by atoms with E-state index in [-0.39, 0.29) is 17.5 Å². The standard InChI is InChI=1S/C12H17N5O3/c1-8-4-5-14-11(10(8)17(19)20)15-9-3-2-6-16(7-9)12(13)18/h4-5,9H,2-3,6-7H2,1H3,(H2,13,18)(H,14,15)/t9-/m0/s1. The second kappa shape index (κ2) is 5.72. The SMILES string of the molecule is Cc1ccnc(N[C@H]2CCCN(C(N)=O)C2)c1[N+](=O)[O-]. The van der Waals surface area contributed by atoms with E-state index >= 15 is 0 Å². The van der Waals surface area contributed by atoms with Crippen molar-refractivity contribution in [2.24, 2.45) is 5.73 Å². The maximum absolute atomic E-state index is 11.2. The highest BCUT2D eigenvalue weighted by Gasteiger charge is 2.25. The lowest BCUT2D eigenvalue weighted by atomic mass is 10.1. The van der Waals surface area contributed by atoms with Gasteiger partial charge in [-0.15, -0.1) is 0 Å². The van der Waals surface area contributed by atoms with Gasteiger partial charge in [-0.25, -0.2) is 9.78 Å². The number of primary amides is 1. The molecule has 2 heterocycles. The number of nitrogens with zero attached hydrogens (tertiary/aromatic N) is 3. The summed E-state index contributed by atoms with van der Waals surface area (Å²) in [5.74, 6) is 0.242. The van der Waals surface area contributed by atoms with Crippen LogP contribution in [0.3, 0.4) is 0 Å². The predicted molar refractivity (Wildman–Crippen MR) is 73.4 cm³/mol. The molecule has 0 aliphatic carbocycles. The van der Waals surface area contributed by atoms with Gasteiger partial charge in [0, 0.05) is 30.9 Å². The van der Waals surface area contributed by atoms with Crippen LogP contribution in [0.1, 0.15) is 18.4 Å². The Bertz CT molecular complexity index is 534. The van der Waals surface area contributed by atoms with Crippen LogP contribution in [0.2, 0.25) is 0 Å². The third kappa shape index (κ3) is 2.95. The van der Waals surface area contributed by atoms with Crippen molar-refractivity contribution in [3.63, 3.8) is 0 Å². The minimum Gasteiger partial charge on any atom is -0.360 e. The normalized spacial score (nSPS) is 18.6. The number of nitro groups is 1. The summed E-state index contributed by atoms with van der Waals surface area (Å²) < 4.78 is 0. The lowest BCUT2D eigenvalue weighted by Crippen LogP contribution is -2.47. The van der Waals surface area contributed by atoms with Gasteiger partial charge in [-0.3, -0.25) is 10.1 Å². The number of amides is 2. The zero-order valence-electron chi connectivity index (χ0n) is 11.2. The molecule has 1 aromatic heterocycles. The number of hydrogen-bond donors (Lipinski definition) is 2. The van der Waals surface area contributed by atoms with E-state index in [1.54, 1.807) is 13.0 Å². The Morgan fingerprint density at radius 1 is 1.65 bits per heavy atom. The molecular weight excluding hydrogens is 262 g/mol. The molecule has 108 valence electrons. The van der Waals surface area contributed by atoms with E-state index in [1.165, 1.54) is 11.1 Å². The van der Waals surface area contributed by atoms with Crippen LogP contribution in [0.4, 0.5) is 16.3 Å². The average molecular weight is 279 g/mol. The molecule has 0 radical (unpaired) electrons. The molecule has 1 aromatic rings. The van der Waals surface area contributed by atoms with Crippen molar-refractivity contribution < 1.29 is 9.72 Å². The molecule has 3 N–H and O–H groups in total. The molecular formula is C12H17N5O3. The zero-order valence-corrected chi connectivity index (χ0v) is 11.2. The number of aryl methyl sites for hydroxylation is 1. The van der Waals surface area contributed by atoms with Crippen molar-refractivity contribution in [1.29, 1.82) is 0 Å². The summed E-state index contributed by atoms with van der Waals surface area (Å²) in [6, 6.07) is 1.05. The number of piperidine rings is 1. The molecule has 0 bridgehead atoms. The van der Waals surface area contributed by atoms with Crippen molar-refractivity contribution >= 4 is 17.5 Å². The third-order valence-electron chi connectivity index (χ3n) is 3.38. The van der Waals surface area contributed by atoms with Crippen LogP contribution in [-0.2, 0) is 0 Å². The Balaban J connectivity index is 2.16. The van der Waals surface area contributed by atoms with Crippen LogP contribution in [0, 0.1) is 17.0 Å². The second-order valence-electron chi connectivity index (χ2n) is 4.85. The highest BCUT2D eigenvalue weighted by molar-refractivity contribution is 5.72. The van der Waals surface area contributed by atoms with E-state index in [4.69, 9.17) is 5.73 Å². The van der Waals surface area contributed by atoms with Gasteiger partial charge in [-0.05, 0) is 25.8 Å². The third-order valence-corrected chi connectivity index (χ3v) is 3.38. The Labute approximate surface area is 116 Å². The summed E-state index contributed by atoms with van der Waals surface area (Å²) in [5.41, 5.74) is 5.79. The van der Waals surface area contributed by atoms with Crippen LogP contribution in [0.15, 0.2) is 12.3 Å². The topological polar surface area (TPSA) is 114 Å². The fourth-order valence-corrected chi connectivity index (χ4v) is 2.38. The van der Waals surface area contributed by atoms with Crippen molar-refractivity contribution in [1.82, 2.24) is 9.88 Å². The number of hydrogen-bond acceptors (Lipinski definition) is 5. The highest BCUT2D eigenvalue weighted by Crippen LogP contribution is 2.27. The molecule has 8 nitrogen and oxygen atoms in total. The largest absolute Gasteiger partial charge is 0.360 e. The monoisotopic (exact) mass is 279 g/mol. The van der Waals surface area contributed by atoms with Gasteiger partial charge in [-0.2, -0.15) is 0 Å². The van der Waals surface area contributed by atoms with Crippen molar-refractivity contribution in [3.05, 3.63) is 27.9 Å². The summed E-state index contributed by atoms with van der Waals surface area (Å²) in [4.78, 5) is 27.4. The van der Waals surface area contributed by atoms with Gasteiger partial charge >= 0.3 is 11.7 Å². The number of anilines is 1. The number of carbonyl (C=O) groups is 1. The van der Waals surface area contributed by atoms with E-state index in [0.29, 0.717) is 18.7 Å². The number of nitrogens with two attached hydrogens (primary N) is 1. The first-order valence-electron chi connectivity index (χ1n) is 6.40. The van der Waals surface area contributed by atoms with Crippen LogP contribution < -0.4 is 11.1 Å². The second-order valence-corrected chi connectivity index (χ2v) is 4.85. The number of pyridine rings is 1. The van der Waals surface area contributed by atoms with Crippen LogP contribution in [0.5, 0.6) is 0 Å².